The first-order valence-corrected chi connectivity index (χ1v) is 10.1. The van der Waals surface area contributed by atoms with Gasteiger partial charge in [-0.3, -0.25) is 14.3 Å². The monoisotopic (exact) mass is 424 g/mol. The van der Waals surface area contributed by atoms with Crippen LogP contribution in [0, 0.1) is 5.82 Å². The zero-order chi connectivity index (χ0) is 22.2. The molecule has 31 heavy (non-hydrogen) atoms. The fourth-order valence-corrected chi connectivity index (χ4v) is 2.81. The van der Waals surface area contributed by atoms with E-state index in [-0.39, 0.29) is 23.3 Å². The van der Waals surface area contributed by atoms with Gasteiger partial charge in [-0.15, -0.1) is 0 Å². The number of nitrogens with zero attached hydrogens (tertiary/aromatic N) is 2. The number of aromatic nitrogens is 2. The van der Waals surface area contributed by atoms with Gasteiger partial charge in [-0.1, -0.05) is 19.1 Å². The Morgan fingerprint density at radius 1 is 1.03 bits per heavy atom. The molecule has 0 spiro atoms. The van der Waals surface area contributed by atoms with E-state index in [4.69, 9.17) is 4.74 Å². The Labute approximate surface area is 180 Å². The summed E-state index contributed by atoms with van der Waals surface area (Å²) < 4.78 is 20.2. The van der Waals surface area contributed by atoms with E-state index in [2.05, 4.69) is 15.7 Å². The summed E-state index contributed by atoms with van der Waals surface area (Å²) in [5.74, 6) is -0.424. The molecule has 1 heterocycles. The van der Waals surface area contributed by atoms with Gasteiger partial charge < -0.3 is 15.4 Å². The Hall–Kier alpha value is -3.68. The van der Waals surface area contributed by atoms with Gasteiger partial charge in [0.05, 0.1) is 5.69 Å². The van der Waals surface area contributed by atoms with Crippen molar-refractivity contribution in [1.82, 2.24) is 15.1 Å². The Morgan fingerprint density at radius 3 is 2.39 bits per heavy atom. The second-order valence-corrected chi connectivity index (χ2v) is 6.90. The minimum Gasteiger partial charge on any atom is -0.489 e. The van der Waals surface area contributed by atoms with Crippen LogP contribution in [0.15, 0.2) is 54.7 Å². The molecule has 0 unspecified atom stereocenters. The highest BCUT2D eigenvalue weighted by atomic mass is 19.1. The van der Waals surface area contributed by atoms with Crippen molar-refractivity contribution in [2.45, 2.75) is 33.4 Å². The topological polar surface area (TPSA) is 85.3 Å². The van der Waals surface area contributed by atoms with Crippen LogP contribution in [0.5, 0.6) is 5.75 Å². The van der Waals surface area contributed by atoms with Crippen LogP contribution in [0.1, 0.15) is 46.7 Å². The molecule has 0 saturated heterocycles. The van der Waals surface area contributed by atoms with Gasteiger partial charge in [-0.05, 0) is 55.3 Å². The molecule has 0 saturated carbocycles. The highest BCUT2D eigenvalue weighted by Crippen LogP contribution is 2.17. The zero-order valence-electron chi connectivity index (χ0n) is 17.5. The normalized spacial score (nSPS) is 10.5. The summed E-state index contributed by atoms with van der Waals surface area (Å²) in [5.41, 5.74) is 1.85. The molecule has 0 aliphatic rings. The van der Waals surface area contributed by atoms with Crippen LogP contribution in [0.3, 0.4) is 0 Å². The molecule has 7 nitrogen and oxygen atoms in total. The number of amides is 2. The average molecular weight is 424 g/mol. The van der Waals surface area contributed by atoms with Crippen LogP contribution in [0.25, 0.3) is 0 Å². The van der Waals surface area contributed by atoms with Gasteiger partial charge in [0.2, 0.25) is 0 Å². The van der Waals surface area contributed by atoms with E-state index in [0.717, 1.165) is 12.0 Å². The molecule has 0 bridgehead atoms. The number of anilines is 1. The molecule has 0 aliphatic carbocycles. The van der Waals surface area contributed by atoms with Gasteiger partial charge in [-0.2, -0.15) is 5.10 Å². The molecule has 1 aromatic heterocycles. The molecule has 0 fully saturated rings. The van der Waals surface area contributed by atoms with Crippen molar-refractivity contribution < 1.29 is 18.7 Å². The molecule has 8 heteroatoms. The van der Waals surface area contributed by atoms with Crippen molar-refractivity contribution in [3.05, 3.63) is 77.4 Å². The number of hydrogen-bond donors (Lipinski definition) is 2. The number of nitrogens with one attached hydrogen (secondary N) is 2. The summed E-state index contributed by atoms with van der Waals surface area (Å²) >= 11 is 0. The van der Waals surface area contributed by atoms with Crippen LogP contribution in [0.4, 0.5) is 10.1 Å². The van der Waals surface area contributed by atoms with Gasteiger partial charge in [-0.25, -0.2) is 4.39 Å². The third-order valence-corrected chi connectivity index (χ3v) is 4.52. The third kappa shape index (κ3) is 5.91. The largest absolute Gasteiger partial charge is 0.489 e. The van der Waals surface area contributed by atoms with Gasteiger partial charge in [0, 0.05) is 24.8 Å². The molecule has 2 aromatic carbocycles. The molecular weight excluding hydrogens is 399 g/mol. The highest BCUT2D eigenvalue weighted by Gasteiger charge is 2.18. The van der Waals surface area contributed by atoms with Crippen molar-refractivity contribution in [3.63, 3.8) is 0 Å². The second kappa shape index (κ2) is 10.4. The number of ether oxygens (including phenoxy) is 1. The number of hydrogen-bond acceptors (Lipinski definition) is 4. The molecule has 162 valence electrons. The van der Waals surface area contributed by atoms with E-state index in [1.165, 1.54) is 12.1 Å². The summed E-state index contributed by atoms with van der Waals surface area (Å²) in [5, 5.41) is 9.80. The Morgan fingerprint density at radius 2 is 1.74 bits per heavy atom. The van der Waals surface area contributed by atoms with Crippen molar-refractivity contribution >= 4 is 17.5 Å². The standard InChI is InChI=1S/C23H25FN4O3/c1-3-13-25-23(30)21-20(14-28(4-2)27-21)26-22(29)17-7-5-16(6-8-17)15-31-19-11-9-18(24)10-12-19/h5-12,14H,3-4,13,15H2,1-2H3,(H,25,30)(H,26,29). The Kier molecular flexibility index (Phi) is 7.37. The van der Waals surface area contributed by atoms with Gasteiger partial charge in [0.15, 0.2) is 5.69 Å². The van der Waals surface area contributed by atoms with Crippen LogP contribution in [-0.4, -0.2) is 28.1 Å². The molecule has 0 atom stereocenters. The predicted octanol–water partition coefficient (Wildman–Crippen LogP) is 4.01. The summed E-state index contributed by atoms with van der Waals surface area (Å²) in [6.07, 6.45) is 2.45. The molecule has 3 rings (SSSR count). The first kappa shape index (κ1) is 22.0. The number of carbonyl (C=O) groups excluding carboxylic acids is 2. The molecule has 3 aromatic rings. The van der Waals surface area contributed by atoms with E-state index in [1.807, 2.05) is 13.8 Å². The fourth-order valence-electron chi connectivity index (χ4n) is 2.81. The maximum absolute atomic E-state index is 13.0. The Bertz CT molecular complexity index is 1030. The van der Waals surface area contributed by atoms with E-state index in [9.17, 15) is 14.0 Å². The highest BCUT2D eigenvalue weighted by molar-refractivity contribution is 6.08. The molecular formula is C23H25FN4O3. The first-order chi connectivity index (χ1) is 15.0. The maximum Gasteiger partial charge on any atom is 0.273 e. The SMILES string of the molecule is CCCNC(=O)c1nn(CC)cc1NC(=O)c1ccc(COc2ccc(F)cc2)cc1. The smallest absolute Gasteiger partial charge is 0.273 e. The summed E-state index contributed by atoms with van der Waals surface area (Å²) in [7, 11) is 0. The fraction of sp³-hybridized carbons (Fsp3) is 0.261. The lowest BCUT2D eigenvalue weighted by Gasteiger charge is -2.08. The maximum atomic E-state index is 13.0. The Balaban J connectivity index is 1.64. The number of aryl methyl sites for hydroxylation is 1. The van der Waals surface area contributed by atoms with Crippen molar-refractivity contribution in [2.24, 2.45) is 0 Å². The van der Waals surface area contributed by atoms with Gasteiger partial charge in [0.1, 0.15) is 18.2 Å². The molecule has 0 aliphatic heterocycles. The summed E-state index contributed by atoms with van der Waals surface area (Å²) in [4.78, 5) is 25.0. The number of rotatable bonds is 9. The average Bonchev–Trinajstić information content (AvgIpc) is 3.20. The molecule has 2 N–H and O–H groups in total. The minimum atomic E-state index is -0.341. The van der Waals surface area contributed by atoms with Gasteiger partial charge in [0.25, 0.3) is 11.8 Å². The lowest BCUT2D eigenvalue weighted by Crippen LogP contribution is -2.26. The minimum absolute atomic E-state index is 0.188. The van der Waals surface area contributed by atoms with Crippen LogP contribution < -0.4 is 15.4 Å². The van der Waals surface area contributed by atoms with Gasteiger partial charge >= 0.3 is 0 Å². The van der Waals surface area contributed by atoms with Crippen molar-refractivity contribution in [3.8, 4) is 5.75 Å². The summed E-state index contributed by atoms with van der Waals surface area (Å²) in [6.45, 7) is 5.26. The number of benzene rings is 2. The van der Waals surface area contributed by atoms with E-state index >= 15 is 0 Å². The van der Waals surface area contributed by atoms with Crippen molar-refractivity contribution in [2.75, 3.05) is 11.9 Å². The zero-order valence-corrected chi connectivity index (χ0v) is 17.5. The summed E-state index contributed by atoms with van der Waals surface area (Å²) in [6, 6.07) is 12.7. The predicted molar refractivity (Wildman–Crippen MR) is 116 cm³/mol. The van der Waals surface area contributed by atoms with E-state index in [1.54, 1.807) is 47.3 Å². The van der Waals surface area contributed by atoms with Crippen molar-refractivity contribution in [1.29, 1.82) is 0 Å². The van der Waals surface area contributed by atoms with E-state index in [0.29, 0.717) is 36.7 Å². The molecule has 0 radical (unpaired) electrons. The number of carbonyl (C=O) groups is 2. The number of halogens is 1. The molecule has 2 amide bonds. The lowest BCUT2D eigenvalue weighted by atomic mass is 10.1. The van der Waals surface area contributed by atoms with Crippen LogP contribution >= 0.6 is 0 Å². The van der Waals surface area contributed by atoms with Crippen LogP contribution in [0.2, 0.25) is 0 Å². The first-order valence-electron chi connectivity index (χ1n) is 10.1. The quantitative estimate of drug-likeness (QED) is 0.543. The second-order valence-electron chi connectivity index (χ2n) is 6.90. The van der Waals surface area contributed by atoms with E-state index < -0.39 is 0 Å². The van der Waals surface area contributed by atoms with Crippen LogP contribution in [-0.2, 0) is 13.2 Å². The third-order valence-electron chi connectivity index (χ3n) is 4.52. The lowest BCUT2D eigenvalue weighted by molar-refractivity contribution is 0.0948.